The second kappa shape index (κ2) is 9.07. The van der Waals surface area contributed by atoms with E-state index in [-0.39, 0.29) is 22.7 Å². The molecule has 4 aromatic heterocycles. The smallest absolute Gasteiger partial charge is 0.235 e. The molecule has 9 aromatic rings. The third-order valence-electron chi connectivity index (χ3n) is 8.46. The van der Waals surface area contributed by atoms with Gasteiger partial charge in [0.15, 0.2) is 11.5 Å². The molecule has 0 aliphatic rings. The molecule has 0 fully saturated rings. The molecule has 0 aliphatic heterocycles. The molecule has 0 unspecified atom stereocenters. The molecule has 0 spiro atoms. The fourth-order valence-corrected chi connectivity index (χ4v) is 7.78. The molecule has 4 N–H and O–H groups in total. The van der Waals surface area contributed by atoms with E-state index in [2.05, 4.69) is 47.4 Å². The number of fused-ring (bicyclic) bond motifs is 11. The molecule has 0 amide bonds. The van der Waals surface area contributed by atoms with Crippen molar-refractivity contribution < 1.29 is 20.4 Å². The van der Waals surface area contributed by atoms with Gasteiger partial charge >= 0.3 is 0 Å². The zero-order valence-electron chi connectivity index (χ0n) is 23.2. The van der Waals surface area contributed by atoms with Crippen molar-refractivity contribution in [2.75, 3.05) is 0 Å². The van der Waals surface area contributed by atoms with E-state index in [1.165, 1.54) is 15.5 Å². The molecule has 8 nitrogen and oxygen atoms in total. The number of para-hydroxylation sites is 1. The van der Waals surface area contributed by atoms with Crippen LogP contribution in [0.1, 0.15) is 0 Å². The van der Waals surface area contributed by atoms with Gasteiger partial charge in [0.05, 0.1) is 22.1 Å². The average molecular weight is 602 g/mol. The Hall–Kier alpha value is -5.87. The van der Waals surface area contributed by atoms with E-state index < -0.39 is 28.5 Å². The van der Waals surface area contributed by atoms with E-state index in [0.29, 0.717) is 5.52 Å². The number of nitrogens with zero attached hydrogens (tertiary/aromatic N) is 4. The molecule has 45 heavy (non-hydrogen) atoms. The summed E-state index contributed by atoms with van der Waals surface area (Å²) < 4.78 is 4.33. The predicted octanol–water partition coefficient (Wildman–Crippen LogP) is 6.93. The zero-order chi connectivity index (χ0) is 30.6. The number of rotatable bonds is 2. The fraction of sp³-hybridized carbons (Fsp3) is 0. The molecule has 9 rings (SSSR count). The molecule has 5 aromatic carbocycles. The summed E-state index contributed by atoms with van der Waals surface area (Å²) in [5, 5.41) is 49.2. The highest BCUT2D eigenvalue weighted by Crippen LogP contribution is 2.49. The highest BCUT2D eigenvalue weighted by molar-refractivity contribution is 7.27. The minimum atomic E-state index is -0.875. The zero-order valence-corrected chi connectivity index (χ0v) is 24.0. The molecular weight excluding hydrogens is 583 g/mol. The van der Waals surface area contributed by atoms with Gasteiger partial charge in [0.2, 0.25) is 11.7 Å². The summed E-state index contributed by atoms with van der Waals surface area (Å²) in [4.78, 5) is 14.3. The number of hydrogen-bond donors (Lipinski definition) is 4. The van der Waals surface area contributed by atoms with Crippen molar-refractivity contribution in [3.63, 3.8) is 0 Å². The third-order valence-corrected chi connectivity index (χ3v) is 9.65. The van der Waals surface area contributed by atoms with E-state index in [1.54, 1.807) is 29.7 Å². The van der Waals surface area contributed by atoms with Gasteiger partial charge in [0.1, 0.15) is 24.8 Å². The lowest BCUT2D eigenvalue weighted by atomic mass is 9.89. The van der Waals surface area contributed by atoms with E-state index in [4.69, 9.17) is 17.8 Å². The summed E-state index contributed by atoms with van der Waals surface area (Å²) in [5.74, 6) is -2.87. The maximum absolute atomic E-state index is 11.0. The predicted molar refractivity (Wildman–Crippen MR) is 180 cm³/mol. The normalized spacial score (nSPS) is 12.0. The van der Waals surface area contributed by atoms with E-state index in [0.717, 1.165) is 37.3 Å². The van der Waals surface area contributed by atoms with Gasteiger partial charge in [0.25, 0.3) is 0 Å². The Labute approximate surface area is 259 Å². The van der Waals surface area contributed by atoms with Crippen LogP contribution in [0.2, 0.25) is 0 Å². The maximum atomic E-state index is 11.0. The summed E-state index contributed by atoms with van der Waals surface area (Å²) in [6.07, 6.45) is 1.54. The molecule has 0 bridgehead atoms. The van der Waals surface area contributed by atoms with Crippen molar-refractivity contribution in [1.82, 2.24) is 19.5 Å². The lowest BCUT2D eigenvalue weighted by molar-refractivity contribution is 0.365. The molecule has 10 heteroatoms. The first kappa shape index (κ1) is 25.6. The van der Waals surface area contributed by atoms with Crippen LogP contribution in [0.5, 0.6) is 23.0 Å². The molecule has 2 radical (unpaired) electrons. The monoisotopic (exact) mass is 602 g/mol. The summed E-state index contributed by atoms with van der Waals surface area (Å²) in [6, 6.07) is 28.3. The van der Waals surface area contributed by atoms with Crippen molar-refractivity contribution in [2.45, 2.75) is 0 Å². The van der Waals surface area contributed by atoms with Crippen LogP contribution in [-0.2, 0) is 0 Å². The van der Waals surface area contributed by atoms with Gasteiger partial charge in [-0.1, -0.05) is 60.7 Å². The van der Waals surface area contributed by atoms with Crippen molar-refractivity contribution >= 4 is 88.4 Å². The van der Waals surface area contributed by atoms with Gasteiger partial charge in [-0.15, -0.1) is 11.3 Å². The Kier molecular flexibility index (Phi) is 5.16. The lowest BCUT2D eigenvalue weighted by Crippen LogP contribution is -2.08. The number of phenolic OH excluding ortho intramolecular Hbond substituents is 4. The molecule has 0 atom stereocenters. The molecular formula is C35H19BN4O4S. The SMILES string of the molecule is [B]c1c(O)c(O)c(O)c(-c2nc(-n3c4ccccc4c4c5sc6ccccc6c5c5ccccc5c43)nc3cccnc23)c1O. The van der Waals surface area contributed by atoms with Gasteiger partial charge < -0.3 is 20.4 Å². The van der Waals surface area contributed by atoms with Gasteiger partial charge in [-0.25, -0.2) is 9.97 Å². The molecule has 4 heterocycles. The van der Waals surface area contributed by atoms with E-state index in [1.807, 2.05) is 34.9 Å². The van der Waals surface area contributed by atoms with Crippen molar-refractivity contribution in [3.05, 3.63) is 91.1 Å². The highest BCUT2D eigenvalue weighted by Gasteiger charge is 2.27. The summed E-state index contributed by atoms with van der Waals surface area (Å²) in [6.45, 7) is 0. The Morgan fingerprint density at radius 3 is 2.18 bits per heavy atom. The Morgan fingerprint density at radius 2 is 1.36 bits per heavy atom. The third kappa shape index (κ3) is 3.34. The highest BCUT2D eigenvalue weighted by atomic mass is 32.1. The van der Waals surface area contributed by atoms with E-state index in [9.17, 15) is 20.4 Å². The topological polar surface area (TPSA) is 125 Å². The maximum Gasteiger partial charge on any atom is 0.235 e. The summed E-state index contributed by atoms with van der Waals surface area (Å²) >= 11 is 1.74. The summed E-state index contributed by atoms with van der Waals surface area (Å²) in [5.41, 5.74) is 1.72. The first-order valence-corrected chi connectivity index (χ1v) is 14.9. The van der Waals surface area contributed by atoms with Crippen LogP contribution < -0.4 is 5.46 Å². The number of thiophene rings is 1. The van der Waals surface area contributed by atoms with Crippen LogP contribution in [0, 0.1) is 0 Å². The van der Waals surface area contributed by atoms with Gasteiger partial charge in [-0.2, -0.15) is 0 Å². The number of benzene rings is 5. The minimum Gasteiger partial charge on any atom is -0.508 e. The van der Waals surface area contributed by atoms with Gasteiger partial charge in [0, 0.05) is 42.5 Å². The molecule has 212 valence electrons. The average Bonchev–Trinajstić information content (AvgIpc) is 3.63. The Morgan fingerprint density at radius 1 is 0.644 bits per heavy atom. The van der Waals surface area contributed by atoms with Crippen molar-refractivity contribution in [3.8, 4) is 40.2 Å². The molecule has 0 saturated heterocycles. The van der Waals surface area contributed by atoms with Gasteiger partial charge in [-0.05, 0) is 35.1 Å². The fourth-order valence-electron chi connectivity index (χ4n) is 6.50. The number of aromatic hydroxyl groups is 4. The van der Waals surface area contributed by atoms with Crippen molar-refractivity contribution in [2.24, 2.45) is 0 Å². The second-order valence-electron chi connectivity index (χ2n) is 10.9. The quantitative estimate of drug-likeness (QED) is 0.0962. The number of hydrogen-bond acceptors (Lipinski definition) is 8. The van der Waals surface area contributed by atoms with Crippen LogP contribution in [-0.4, -0.2) is 47.8 Å². The van der Waals surface area contributed by atoms with Crippen LogP contribution in [0.25, 0.3) is 81.0 Å². The number of phenols is 4. The first-order valence-electron chi connectivity index (χ1n) is 14.1. The molecule has 0 aliphatic carbocycles. The Bertz CT molecular complexity index is 2710. The summed E-state index contributed by atoms with van der Waals surface area (Å²) in [7, 11) is 5.92. The largest absolute Gasteiger partial charge is 0.508 e. The Balaban J connectivity index is 1.51. The van der Waals surface area contributed by atoms with E-state index >= 15 is 0 Å². The number of pyridine rings is 1. The minimum absolute atomic E-state index is 0.0331. The van der Waals surface area contributed by atoms with Crippen molar-refractivity contribution in [1.29, 1.82) is 0 Å². The standard InChI is InChI=1S/C35H19BN4O4S/c36-26-30(41)25(31(42)33(44)32(26)43)28-27-20(12-7-15-37-27)38-35(39-28)40-21-13-5-3-10-18(21)24-29(40)17-9-2-1-8-16(17)23-19-11-4-6-14-22(19)45-34(23)24/h1-15,41-44H. The van der Waals surface area contributed by atoms with Crippen LogP contribution in [0.3, 0.4) is 0 Å². The van der Waals surface area contributed by atoms with Crippen LogP contribution >= 0.6 is 11.3 Å². The van der Waals surface area contributed by atoms with Crippen LogP contribution in [0.15, 0.2) is 91.1 Å². The van der Waals surface area contributed by atoms with Gasteiger partial charge in [-0.3, -0.25) is 9.55 Å². The number of aromatic nitrogens is 4. The molecule has 0 saturated carbocycles. The van der Waals surface area contributed by atoms with Crippen LogP contribution in [0.4, 0.5) is 0 Å². The second-order valence-corrected chi connectivity index (χ2v) is 11.9. The lowest BCUT2D eigenvalue weighted by Gasteiger charge is -2.16. The first-order chi connectivity index (χ1) is 21.9.